The molecule has 0 aromatic rings. The molecule has 4 nitrogen and oxygen atoms in total. The van der Waals surface area contributed by atoms with Crippen molar-refractivity contribution in [1.29, 1.82) is 0 Å². The van der Waals surface area contributed by atoms with Crippen LogP contribution < -0.4 is 5.54 Å². The second-order valence-electron chi connectivity index (χ2n) is 1.52. The van der Waals surface area contributed by atoms with Gasteiger partial charge in [-0.05, 0) is 6.42 Å². The van der Waals surface area contributed by atoms with Crippen LogP contribution >= 0.6 is 0 Å². The highest BCUT2D eigenvalue weighted by Gasteiger charge is 2.01. The first-order valence-corrected chi connectivity index (χ1v) is 3.96. The molecular formula is C3H8FNO3S. The van der Waals surface area contributed by atoms with Crippen LogP contribution in [-0.4, -0.2) is 25.3 Å². The predicted octanol–water partition coefficient (Wildman–Crippen LogP) is -0.262. The van der Waals surface area contributed by atoms with Gasteiger partial charge in [0, 0.05) is 6.54 Å². The van der Waals surface area contributed by atoms with E-state index in [1.54, 1.807) is 0 Å². The molecule has 0 aliphatic rings. The number of rotatable bonds is 4. The van der Waals surface area contributed by atoms with Gasteiger partial charge < -0.3 is 0 Å². The van der Waals surface area contributed by atoms with Gasteiger partial charge >= 0.3 is 0 Å². The van der Waals surface area contributed by atoms with Gasteiger partial charge in [0.2, 0.25) is 0 Å². The fraction of sp³-hybridized carbons (Fsp3) is 1.00. The summed E-state index contributed by atoms with van der Waals surface area (Å²) in [5.74, 6) is -0.399. The molecule has 6 heteroatoms. The van der Waals surface area contributed by atoms with Crippen molar-refractivity contribution >= 4 is 10.1 Å². The lowest BCUT2D eigenvalue weighted by Gasteiger charge is -1.92. The summed E-state index contributed by atoms with van der Waals surface area (Å²) in [6, 6.07) is 0. The summed E-state index contributed by atoms with van der Waals surface area (Å²) >= 11 is 0. The zero-order valence-electron chi connectivity index (χ0n) is 4.67. The Labute approximate surface area is 52.7 Å². The number of nitrogens with one attached hydrogen (secondary N) is 1. The molecule has 0 aromatic carbocycles. The Morgan fingerprint density at radius 3 is 2.44 bits per heavy atom. The molecule has 9 heavy (non-hydrogen) atoms. The third-order valence-corrected chi connectivity index (χ3v) is 1.48. The van der Waals surface area contributed by atoms with Gasteiger partial charge in [-0.2, -0.15) is 14.0 Å². The molecule has 0 saturated carbocycles. The van der Waals surface area contributed by atoms with Crippen LogP contribution in [0.2, 0.25) is 0 Å². The number of halogens is 1. The Bertz CT molecular complexity index is 154. The van der Waals surface area contributed by atoms with Crippen LogP contribution in [0.4, 0.5) is 4.48 Å². The van der Waals surface area contributed by atoms with Gasteiger partial charge in [0.05, 0.1) is 5.75 Å². The van der Waals surface area contributed by atoms with Crippen LogP contribution in [0.1, 0.15) is 6.42 Å². The second kappa shape index (κ2) is 3.76. The van der Waals surface area contributed by atoms with Gasteiger partial charge in [0.1, 0.15) is 0 Å². The van der Waals surface area contributed by atoms with E-state index >= 15 is 0 Å². The number of hydrogen-bond acceptors (Lipinski definition) is 3. The van der Waals surface area contributed by atoms with E-state index in [-0.39, 0.29) is 13.0 Å². The van der Waals surface area contributed by atoms with Gasteiger partial charge in [0.25, 0.3) is 10.1 Å². The minimum absolute atomic E-state index is 0.0558. The highest BCUT2D eigenvalue weighted by Crippen LogP contribution is 1.85. The summed E-state index contributed by atoms with van der Waals surface area (Å²) in [5.41, 5.74) is 1.26. The maximum atomic E-state index is 11.0. The van der Waals surface area contributed by atoms with Crippen molar-refractivity contribution in [2.75, 3.05) is 12.3 Å². The van der Waals surface area contributed by atoms with E-state index in [1.165, 1.54) is 5.54 Å². The minimum atomic E-state index is -3.90. The van der Waals surface area contributed by atoms with Crippen molar-refractivity contribution in [3.05, 3.63) is 0 Å². The van der Waals surface area contributed by atoms with E-state index in [0.29, 0.717) is 0 Å². The summed E-state index contributed by atoms with van der Waals surface area (Å²) in [7, 11) is -3.90. The molecule has 0 aromatic heterocycles. The Morgan fingerprint density at radius 1 is 1.56 bits per heavy atom. The zero-order valence-corrected chi connectivity index (χ0v) is 5.49. The first-order valence-electron chi connectivity index (χ1n) is 2.35. The zero-order chi connectivity index (χ0) is 7.33. The van der Waals surface area contributed by atoms with Gasteiger partial charge in [-0.15, -0.1) is 4.48 Å². The van der Waals surface area contributed by atoms with Crippen molar-refractivity contribution in [2.24, 2.45) is 0 Å². The lowest BCUT2D eigenvalue weighted by atomic mass is 10.5. The fourth-order valence-corrected chi connectivity index (χ4v) is 0.831. The lowest BCUT2D eigenvalue weighted by molar-refractivity contribution is 0.334. The molecule has 0 aliphatic heterocycles. The standard InChI is InChI=1S/C3H8FNO3S/c4-5-2-1-3-9(6,7)8/h5H,1-3H2,(H,6,7,8). The smallest absolute Gasteiger partial charge is 0.264 e. The average Bonchev–Trinajstić information content (AvgIpc) is 1.63. The summed E-state index contributed by atoms with van der Waals surface area (Å²) in [6.07, 6.45) is 0.0787. The lowest BCUT2D eigenvalue weighted by Crippen LogP contribution is -2.10. The maximum Gasteiger partial charge on any atom is 0.264 e. The molecule has 0 atom stereocenters. The van der Waals surface area contributed by atoms with Gasteiger partial charge in [-0.1, -0.05) is 0 Å². The highest BCUT2D eigenvalue weighted by molar-refractivity contribution is 7.85. The molecule has 0 rings (SSSR count). The van der Waals surface area contributed by atoms with Crippen LogP contribution in [0, 0.1) is 0 Å². The SMILES string of the molecule is O=S(=O)(O)CCCNF. The first kappa shape index (κ1) is 8.80. The van der Waals surface area contributed by atoms with Crippen molar-refractivity contribution < 1.29 is 17.5 Å². The summed E-state index contributed by atoms with van der Waals surface area (Å²) < 4.78 is 38.9. The Hall–Kier alpha value is -0.200. The Morgan fingerprint density at radius 2 is 2.11 bits per heavy atom. The molecule has 0 aliphatic carbocycles. The molecule has 0 unspecified atom stereocenters. The quantitative estimate of drug-likeness (QED) is 0.335. The van der Waals surface area contributed by atoms with Gasteiger partial charge in [-0.25, -0.2) is 0 Å². The van der Waals surface area contributed by atoms with Crippen molar-refractivity contribution in [3.63, 3.8) is 0 Å². The predicted molar refractivity (Wildman–Crippen MR) is 30.1 cm³/mol. The van der Waals surface area contributed by atoms with E-state index in [2.05, 4.69) is 0 Å². The first-order chi connectivity index (χ1) is 4.06. The molecule has 0 spiro atoms. The highest BCUT2D eigenvalue weighted by atomic mass is 32.2. The molecule has 0 bridgehead atoms. The summed E-state index contributed by atoms with van der Waals surface area (Å²) in [6.45, 7) is -0.0558. The minimum Gasteiger partial charge on any atom is -0.286 e. The molecular weight excluding hydrogens is 149 g/mol. The third kappa shape index (κ3) is 7.80. The Kier molecular flexibility index (Phi) is 3.67. The molecule has 0 fully saturated rings. The summed E-state index contributed by atoms with van der Waals surface area (Å²) in [4.78, 5) is 0. The van der Waals surface area contributed by atoms with Crippen LogP contribution in [0.3, 0.4) is 0 Å². The summed E-state index contributed by atoms with van der Waals surface area (Å²) in [5, 5.41) is 0. The van der Waals surface area contributed by atoms with E-state index in [1.807, 2.05) is 0 Å². The van der Waals surface area contributed by atoms with Crippen LogP contribution in [0.15, 0.2) is 0 Å². The number of hydrogen-bond donors (Lipinski definition) is 2. The van der Waals surface area contributed by atoms with Gasteiger partial charge in [0.15, 0.2) is 0 Å². The van der Waals surface area contributed by atoms with Crippen LogP contribution in [0.25, 0.3) is 0 Å². The van der Waals surface area contributed by atoms with E-state index < -0.39 is 15.9 Å². The third-order valence-electron chi connectivity index (χ3n) is 0.674. The average molecular weight is 157 g/mol. The largest absolute Gasteiger partial charge is 0.286 e. The second-order valence-corrected chi connectivity index (χ2v) is 3.10. The topological polar surface area (TPSA) is 66.4 Å². The van der Waals surface area contributed by atoms with Crippen molar-refractivity contribution in [3.8, 4) is 0 Å². The van der Waals surface area contributed by atoms with Gasteiger partial charge in [-0.3, -0.25) is 4.55 Å². The normalized spacial score (nSPS) is 11.8. The fourth-order valence-electron chi connectivity index (χ4n) is 0.321. The monoisotopic (exact) mass is 157 g/mol. The molecule has 56 valence electrons. The van der Waals surface area contributed by atoms with Crippen molar-refractivity contribution in [1.82, 2.24) is 5.54 Å². The van der Waals surface area contributed by atoms with E-state index in [0.717, 1.165) is 0 Å². The molecule has 0 radical (unpaired) electrons. The van der Waals surface area contributed by atoms with Crippen molar-refractivity contribution in [2.45, 2.75) is 6.42 Å². The Balaban J connectivity index is 3.30. The molecule has 2 N–H and O–H groups in total. The molecule has 0 saturated heterocycles. The van der Waals surface area contributed by atoms with Crippen LogP contribution in [0.5, 0.6) is 0 Å². The molecule has 0 amide bonds. The molecule has 0 heterocycles. The van der Waals surface area contributed by atoms with E-state index in [9.17, 15) is 12.9 Å². The van der Waals surface area contributed by atoms with E-state index in [4.69, 9.17) is 4.55 Å². The van der Waals surface area contributed by atoms with Crippen LogP contribution in [-0.2, 0) is 10.1 Å². The maximum absolute atomic E-state index is 11.0.